The Balaban J connectivity index is 1.40. The van der Waals surface area contributed by atoms with Crippen molar-refractivity contribution in [3.8, 4) is 11.1 Å². The van der Waals surface area contributed by atoms with Crippen LogP contribution in [-0.4, -0.2) is 11.7 Å². The molecule has 0 radical (unpaired) electrons. The number of anilines is 1. The van der Waals surface area contributed by atoms with E-state index in [2.05, 4.69) is 5.32 Å². The molecule has 1 amide bonds. The van der Waals surface area contributed by atoms with E-state index in [0.29, 0.717) is 34.4 Å². The summed E-state index contributed by atoms with van der Waals surface area (Å²) in [5.74, 6) is -1.52. The summed E-state index contributed by atoms with van der Waals surface area (Å²) in [7, 11) is 0. The van der Waals surface area contributed by atoms with Crippen molar-refractivity contribution >= 4 is 17.4 Å². The Morgan fingerprint density at radius 3 is 2.29 bits per heavy atom. The molecule has 4 aromatic carbocycles. The normalized spacial score (nSPS) is 11.9. The van der Waals surface area contributed by atoms with Crippen LogP contribution in [0.1, 0.15) is 38.2 Å². The first-order valence-corrected chi connectivity index (χ1v) is 10.8. The van der Waals surface area contributed by atoms with Crippen LogP contribution in [0.3, 0.4) is 0 Å². The van der Waals surface area contributed by atoms with E-state index in [-0.39, 0.29) is 11.7 Å². The molecule has 4 aromatic rings. The number of carbonyl (C=O) groups is 1. The van der Waals surface area contributed by atoms with Gasteiger partial charge in [0.15, 0.2) is 0 Å². The predicted molar refractivity (Wildman–Crippen MR) is 129 cm³/mol. The average Bonchev–Trinajstić information content (AvgIpc) is 2.82. The number of carbonyl (C=O) groups excluding carboxylic acids is 1. The van der Waals surface area contributed by atoms with Crippen LogP contribution >= 0.6 is 0 Å². The maximum Gasteiger partial charge on any atom is 0.255 e. The first-order chi connectivity index (χ1) is 16.4. The smallest absolute Gasteiger partial charge is 0.255 e. The van der Waals surface area contributed by atoms with Crippen molar-refractivity contribution in [2.75, 3.05) is 5.32 Å². The van der Waals surface area contributed by atoms with E-state index in [1.807, 2.05) is 30.3 Å². The van der Waals surface area contributed by atoms with Gasteiger partial charge in [-0.2, -0.15) is 0 Å². The maximum absolute atomic E-state index is 14.3. The highest BCUT2D eigenvalue weighted by atomic mass is 19.1. The second kappa shape index (κ2) is 8.56. The maximum atomic E-state index is 14.3. The van der Waals surface area contributed by atoms with E-state index in [4.69, 9.17) is 11.1 Å². The summed E-state index contributed by atoms with van der Waals surface area (Å²) in [5, 5.41) is 10.4. The fraction of sp³-hybridized carbons (Fsp3) is 0.0714. The molecule has 0 unspecified atom stereocenters. The fourth-order valence-corrected chi connectivity index (χ4v) is 4.34. The highest BCUT2D eigenvalue weighted by molar-refractivity contribution is 6.05. The van der Waals surface area contributed by atoms with Gasteiger partial charge in [0, 0.05) is 28.4 Å². The Hall–Kier alpha value is -4.32. The van der Waals surface area contributed by atoms with Crippen molar-refractivity contribution in [1.29, 1.82) is 5.41 Å². The van der Waals surface area contributed by atoms with Gasteiger partial charge in [-0.25, -0.2) is 8.78 Å². The van der Waals surface area contributed by atoms with E-state index in [1.54, 1.807) is 30.3 Å². The summed E-state index contributed by atoms with van der Waals surface area (Å²) in [6.45, 7) is 0. The number of fused-ring (bicyclic) bond motifs is 2. The summed E-state index contributed by atoms with van der Waals surface area (Å²) in [6, 6.07) is 21.9. The van der Waals surface area contributed by atoms with Crippen molar-refractivity contribution in [3.05, 3.63) is 124 Å². The number of benzene rings is 4. The molecule has 1 aliphatic rings. The number of nitrogens with two attached hydrogens (primary N) is 1. The SMILES string of the molecule is N=C(N)c1cccc(NC(=O)c2ccc3c(c2)Cc2cc(-c4ccc(F)cc4F)ccc2C3)c1. The number of amidine groups is 1. The van der Waals surface area contributed by atoms with Crippen molar-refractivity contribution in [3.63, 3.8) is 0 Å². The van der Waals surface area contributed by atoms with Gasteiger partial charge in [0.1, 0.15) is 17.5 Å². The van der Waals surface area contributed by atoms with E-state index < -0.39 is 11.6 Å². The van der Waals surface area contributed by atoms with Gasteiger partial charge in [0.05, 0.1) is 0 Å². The molecule has 0 saturated heterocycles. The molecule has 0 saturated carbocycles. The molecule has 0 aromatic heterocycles. The van der Waals surface area contributed by atoms with Gasteiger partial charge in [-0.05, 0) is 77.1 Å². The van der Waals surface area contributed by atoms with Crippen LogP contribution in [-0.2, 0) is 12.8 Å². The van der Waals surface area contributed by atoms with Gasteiger partial charge in [0.2, 0.25) is 0 Å². The Labute approximate surface area is 195 Å². The first-order valence-electron chi connectivity index (χ1n) is 10.8. The zero-order valence-corrected chi connectivity index (χ0v) is 18.2. The van der Waals surface area contributed by atoms with Gasteiger partial charge >= 0.3 is 0 Å². The largest absolute Gasteiger partial charge is 0.384 e. The molecular formula is C28H21F2N3O. The van der Waals surface area contributed by atoms with E-state index in [9.17, 15) is 13.6 Å². The minimum Gasteiger partial charge on any atom is -0.384 e. The molecule has 0 bridgehead atoms. The average molecular weight is 453 g/mol. The van der Waals surface area contributed by atoms with Crippen LogP contribution in [0.4, 0.5) is 14.5 Å². The van der Waals surface area contributed by atoms with Crippen LogP contribution in [0.25, 0.3) is 11.1 Å². The Morgan fingerprint density at radius 2 is 1.53 bits per heavy atom. The van der Waals surface area contributed by atoms with E-state index >= 15 is 0 Å². The summed E-state index contributed by atoms with van der Waals surface area (Å²) in [5.41, 5.74) is 12.6. The van der Waals surface area contributed by atoms with Crippen molar-refractivity contribution in [2.45, 2.75) is 12.8 Å². The molecule has 1 aliphatic carbocycles. The quantitative estimate of drug-likeness (QED) is 0.242. The molecule has 0 spiro atoms. The molecule has 4 N–H and O–H groups in total. The molecule has 0 aliphatic heterocycles. The van der Waals surface area contributed by atoms with Crippen LogP contribution in [0.5, 0.6) is 0 Å². The molecule has 4 nitrogen and oxygen atoms in total. The number of rotatable bonds is 4. The summed E-state index contributed by atoms with van der Waals surface area (Å²) in [6.07, 6.45) is 1.33. The van der Waals surface area contributed by atoms with Gasteiger partial charge in [-0.1, -0.05) is 36.4 Å². The number of nitrogens with one attached hydrogen (secondary N) is 2. The number of halogens is 2. The van der Waals surface area contributed by atoms with Crippen molar-refractivity contribution < 1.29 is 13.6 Å². The van der Waals surface area contributed by atoms with Crippen molar-refractivity contribution in [2.24, 2.45) is 5.73 Å². The zero-order chi connectivity index (χ0) is 23.8. The number of nitrogen functional groups attached to an aromatic ring is 1. The summed E-state index contributed by atoms with van der Waals surface area (Å²) in [4.78, 5) is 12.9. The molecule has 0 atom stereocenters. The highest BCUT2D eigenvalue weighted by Crippen LogP contribution is 2.32. The first kappa shape index (κ1) is 21.5. The molecule has 6 heteroatoms. The number of hydrogen-bond acceptors (Lipinski definition) is 2. The number of hydrogen-bond donors (Lipinski definition) is 3. The molecule has 0 heterocycles. The van der Waals surface area contributed by atoms with Gasteiger partial charge in [-0.3, -0.25) is 10.2 Å². The van der Waals surface area contributed by atoms with E-state index in [1.165, 1.54) is 12.1 Å². The van der Waals surface area contributed by atoms with Crippen LogP contribution < -0.4 is 11.1 Å². The van der Waals surface area contributed by atoms with Gasteiger partial charge < -0.3 is 11.1 Å². The molecular weight excluding hydrogens is 432 g/mol. The third-order valence-corrected chi connectivity index (χ3v) is 6.11. The van der Waals surface area contributed by atoms with Gasteiger partial charge in [0.25, 0.3) is 5.91 Å². The lowest BCUT2D eigenvalue weighted by molar-refractivity contribution is 0.102. The molecule has 168 valence electrons. The zero-order valence-electron chi connectivity index (χ0n) is 18.2. The third-order valence-electron chi connectivity index (χ3n) is 6.11. The summed E-state index contributed by atoms with van der Waals surface area (Å²) >= 11 is 0. The third kappa shape index (κ3) is 4.18. The lowest BCUT2D eigenvalue weighted by atomic mass is 9.83. The van der Waals surface area contributed by atoms with Crippen molar-refractivity contribution in [1.82, 2.24) is 0 Å². The number of amides is 1. The highest BCUT2D eigenvalue weighted by Gasteiger charge is 2.19. The minimum absolute atomic E-state index is 0.0663. The second-order valence-corrected chi connectivity index (χ2v) is 8.39. The fourth-order valence-electron chi connectivity index (χ4n) is 4.34. The lowest BCUT2D eigenvalue weighted by Gasteiger charge is -2.21. The van der Waals surface area contributed by atoms with Crippen LogP contribution in [0.15, 0.2) is 78.9 Å². The summed E-state index contributed by atoms with van der Waals surface area (Å²) < 4.78 is 27.6. The molecule has 34 heavy (non-hydrogen) atoms. The standard InChI is InChI=1S/C28H21F2N3O/c29-23-8-9-25(26(30)15-23)18-6-4-16-10-17-5-7-20(12-22(17)13-21(16)11-18)28(34)33-24-3-1-2-19(14-24)27(31)32/h1-9,11-12,14-15H,10,13H2,(H3,31,32)(H,33,34). The predicted octanol–water partition coefficient (Wildman–Crippen LogP) is 5.66. The Bertz CT molecular complexity index is 1460. The monoisotopic (exact) mass is 453 g/mol. The Morgan fingerprint density at radius 1 is 0.794 bits per heavy atom. The molecule has 0 fully saturated rings. The second-order valence-electron chi connectivity index (χ2n) is 8.39. The minimum atomic E-state index is -0.605. The van der Waals surface area contributed by atoms with E-state index in [0.717, 1.165) is 34.7 Å². The van der Waals surface area contributed by atoms with Crippen LogP contribution in [0, 0.1) is 17.0 Å². The topological polar surface area (TPSA) is 79.0 Å². The molecule has 5 rings (SSSR count). The Kier molecular flexibility index (Phi) is 5.42. The van der Waals surface area contributed by atoms with Crippen LogP contribution in [0.2, 0.25) is 0 Å². The van der Waals surface area contributed by atoms with Gasteiger partial charge in [-0.15, -0.1) is 0 Å². The lowest BCUT2D eigenvalue weighted by Crippen LogP contribution is -2.15.